The van der Waals surface area contributed by atoms with Crippen LogP contribution in [0, 0.1) is 12.8 Å². The summed E-state index contributed by atoms with van der Waals surface area (Å²) in [6.45, 7) is 6.43. The molecule has 140 valence electrons. The largest absolute Gasteiger partial charge is 0.441 e. The molecule has 1 unspecified atom stereocenters. The number of piperidine rings is 1. The van der Waals surface area contributed by atoms with Crippen LogP contribution >= 0.6 is 11.8 Å². The first-order valence-electron chi connectivity index (χ1n) is 9.40. The summed E-state index contributed by atoms with van der Waals surface area (Å²) in [5.74, 6) is 4.02. The van der Waals surface area contributed by atoms with Gasteiger partial charge in [-0.3, -0.25) is 0 Å². The Balaban J connectivity index is 1.45. The minimum Gasteiger partial charge on any atom is -0.441 e. The molecule has 2 aromatic heterocycles. The molecule has 1 aliphatic heterocycles. The van der Waals surface area contributed by atoms with Crippen molar-refractivity contribution < 1.29 is 4.42 Å². The molecule has 0 bridgehead atoms. The topological polar surface area (TPSA) is 55.1 Å². The molecule has 1 aliphatic rings. The molecule has 27 heavy (non-hydrogen) atoms. The van der Waals surface area contributed by atoms with Gasteiger partial charge in [-0.25, -0.2) is 15.0 Å². The number of benzene rings is 1. The van der Waals surface area contributed by atoms with E-state index in [-0.39, 0.29) is 0 Å². The van der Waals surface area contributed by atoms with Crippen molar-refractivity contribution in [3.63, 3.8) is 0 Å². The van der Waals surface area contributed by atoms with Crippen LogP contribution in [0.2, 0.25) is 0 Å². The normalized spacial score (nSPS) is 17.3. The number of aryl methyl sites for hydroxylation is 1. The van der Waals surface area contributed by atoms with Gasteiger partial charge >= 0.3 is 0 Å². The van der Waals surface area contributed by atoms with Gasteiger partial charge in [-0.15, -0.1) is 0 Å². The average molecular weight is 381 g/mol. The van der Waals surface area contributed by atoms with Gasteiger partial charge in [-0.2, -0.15) is 0 Å². The van der Waals surface area contributed by atoms with Crippen LogP contribution in [0.1, 0.15) is 31.2 Å². The van der Waals surface area contributed by atoms with Crippen LogP contribution < -0.4 is 4.90 Å². The van der Waals surface area contributed by atoms with Gasteiger partial charge in [0.05, 0.1) is 5.69 Å². The minimum atomic E-state index is 0.675. The molecule has 6 heteroatoms. The molecule has 0 radical (unpaired) electrons. The number of nitrogens with zero attached hydrogens (tertiary/aromatic N) is 4. The van der Waals surface area contributed by atoms with Crippen LogP contribution in [0.3, 0.4) is 0 Å². The molecule has 0 amide bonds. The highest BCUT2D eigenvalue weighted by molar-refractivity contribution is 7.98. The molecule has 0 spiro atoms. The van der Waals surface area contributed by atoms with Crippen molar-refractivity contribution in [2.45, 2.75) is 37.5 Å². The lowest BCUT2D eigenvalue weighted by molar-refractivity contribution is 0.444. The molecular formula is C21H24N4OS. The summed E-state index contributed by atoms with van der Waals surface area (Å²) in [6, 6.07) is 12.1. The number of hydrogen-bond acceptors (Lipinski definition) is 6. The van der Waals surface area contributed by atoms with Crippen molar-refractivity contribution in [2.75, 3.05) is 18.0 Å². The van der Waals surface area contributed by atoms with E-state index in [0.29, 0.717) is 5.89 Å². The Bertz CT molecular complexity index is 896. The number of rotatable bonds is 5. The smallest absolute Gasteiger partial charge is 0.226 e. The zero-order valence-corrected chi connectivity index (χ0v) is 16.6. The van der Waals surface area contributed by atoms with E-state index in [0.717, 1.165) is 52.6 Å². The van der Waals surface area contributed by atoms with Crippen LogP contribution in [0.4, 0.5) is 5.82 Å². The third-order valence-corrected chi connectivity index (χ3v) is 5.82. The van der Waals surface area contributed by atoms with Crippen LogP contribution in [-0.2, 0) is 5.75 Å². The minimum absolute atomic E-state index is 0.675. The highest BCUT2D eigenvalue weighted by atomic mass is 32.2. The van der Waals surface area contributed by atoms with Crippen LogP contribution in [0.5, 0.6) is 0 Å². The highest BCUT2D eigenvalue weighted by Gasteiger charge is 2.18. The fourth-order valence-corrected chi connectivity index (χ4v) is 4.25. The second-order valence-electron chi connectivity index (χ2n) is 7.08. The van der Waals surface area contributed by atoms with E-state index in [1.54, 1.807) is 18.1 Å². The van der Waals surface area contributed by atoms with Crippen molar-refractivity contribution in [1.82, 2.24) is 15.0 Å². The van der Waals surface area contributed by atoms with Gasteiger partial charge < -0.3 is 9.32 Å². The molecule has 1 fully saturated rings. The number of aromatic nitrogens is 3. The summed E-state index contributed by atoms with van der Waals surface area (Å²) in [7, 11) is 0. The van der Waals surface area contributed by atoms with Crippen molar-refractivity contribution in [2.24, 2.45) is 5.92 Å². The second kappa shape index (κ2) is 8.13. The molecule has 1 saturated heterocycles. The monoisotopic (exact) mass is 380 g/mol. The van der Waals surface area contributed by atoms with Crippen LogP contribution in [0.25, 0.3) is 11.5 Å². The van der Waals surface area contributed by atoms with Crippen molar-refractivity contribution in [1.29, 1.82) is 0 Å². The number of anilines is 1. The van der Waals surface area contributed by atoms with E-state index in [1.807, 2.05) is 37.3 Å². The summed E-state index contributed by atoms with van der Waals surface area (Å²) in [6.07, 6.45) is 4.20. The molecule has 1 atom stereocenters. The van der Waals surface area contributed by atoms with Crippen molar-refractivity contribution in [3.05, 3.63) is 54.2 Å². The van der Waals surface area contributed by atoms with Crippen molar-refractivity contribution >= 4 is 17.6 Å². The summed E-state index contributed by atoms with van der Waals surface area (Å²) in [5.41, 5.74) is 1.96. The molecular weight excluding hydrogens is 356 g/mol. The Morgan fingerprint density at radius 3 is 2.89 bits per heavy atom. The lowest BCUT2D eigenvalue weighted by Crippen LogP contribution is -2.34. The zero-order valence-electron chi connectivity index (χ0n) is 15.8. The maximum atomic E-state index is 5.85. The Kier molecular flexibility index (Phi) is 5.43. The standard InChI is InChI=1S/C21H24N4OS/c1-15-7-6-10-25(12-15)19-11-20(23-14-22-19)27-13-18-16(2)26-21(24-18)17-8-4-3-5-9-17/h3-5,8-9,11,14-15H,6-7,10,12-13H2,1-2H3. The molecule has 1 aromatic carbocycles. The Labute approximate surface area is 164 Å². The van der Waals surface area contributed by atoms with E-state index in [9.17, 15) is 0 Å². The van der Waals surface area contributed by atoms with Crippen molar-refractivity contribution in [3.8, 4) is 11.5 Å². The predicted molar refractivity (Wildman–Crippen MR) is 109 cm³/mol. The molecule has 0 N–H and O–H groups in total. The van der Waals surface area contributed by atoms with E-state index < -0.39 is 0 Å². The van der Waals surface area contributed by atoms with Gasteiger partial charge in [0.1, 0.15) is 22.9 Å². The Morgan fingerprint density at radius 2 is 2.07 bits per heavy atom. The molecule has 3 aromatic rings. The summed E-state index contributed by atoms with van der Waals surface area (Å²) in [4.78, 5) is 16.0. The van der Waals surface area contributed by atoms with E-state index in [1.165, 1.54) is 12.8 Å². The van der Waals surface area contributed by atoms with Gasteiger partial charge in [0.25, 0.3) is 0 Å². The predicted octanol–water partition coefficient (Wildman–Crippen LogP) is 4.97. The summed E-state index contributed by atoms with van der Waals surface area (Å²) >= 11 is 1.67. The SMILES string of the molecule is Cc1oc(-c2ccccc2)nc1CSc1cc(N2CCCC(C)C2)ncn1. The van der Waals surface area contributed by atoms with Gasteiger partial charge in [0.2, 0.25) is 5.89 Å². The fraction of sp³-hybridized carbons (Fsp3) is 0.381. The lowest BCUT2D eigenvalue weighted by Gasteiger charge is -2.31. The number of hydrogen-bond donors (Lipinski definition) is 0. The third-order valence-electron chi connectivity index (χ3n) is 4.88. The lowest BCUT2D eigenvalue weighted by atomic mass is 10.0. The maximum absolute atomic E-state index is 5.85. The van der Waals surface area contributed by atoms with Gasteiger partial charge in [0.15, 0.2) is 0 Å². The van der Waals surface area contributed by atoms with Gasteiger partial charge in [0, 0.05) is 30.5 Å². The average Bonchev–Trinajstić information content (AvgIpc) is 3.08. The summed E-state index contributed by atoms with van der Waals surface area (Å²) < 4.78 is 5.85. The number of oxazole rings is 1. The summed E-state index contributed by atoms with van der Waals surface area (Å²) in [5, 5.41) is 0.974. The quantitative estimate of drug-likeness (QED) is 0.460. The van der Waals surface area contributed by atoms with E-state index >= 15 is 0 Å². The first-order valence-corrected chi connectivity index (χ1v) is 10.4. The molecule has 0 saturated carbocycles. The molecule has 0 aliphatic carbocycles. The zero-order chi connectivity index (χ0) is 18.6. The van der Waals surface area contributed by atoms with Crippen LogP contribution in [-0.4, -0.2) is 28.0 Å². The number of thioether (sulfide) groups is 1. The first kappa shape index (κ1) is 18.0. The highest BCUT2D eigenvalue weighted by Crippen LogP contribution is 2.28. The maximum Gasteiger partial charge on any atom is 0.226 e. The van der Waals surface area contributed by atoms with E-state index in [2.05, 4.69) is 32.8 Å². The molecule has 5 nitrogen and oxygen atoms in total. The second-order valence-corrected chi connectivity index (χ2v) is 8.08. The fourth-order valence-electron chi connectivity index (χ4n) is 3.39. The van der Waals surface area contributed by atoms with Gasteiger partial charge in [-0.05, 0) is 37.8 Å². The Hall–Kier alpha value is -2.34. The first-order chi connectivity index (χ1) is 13.2. The third kappa shape index (κ3) is 4.33. The van der Waals surface area contributed by atoms with Gasteiger partial charge in [-0.1, -0.05) is 36.9 Å². The van der Waals surface area contributed by atoms with E-state index in [4.69, 9.17) is 4.42 Å². The molecule has 3 heterocycles. The molecule has 4 rings (SSSR count). The Morgan fingerprint density at radius 1 is 1.22 bits per heavy atom. The van der Waals surface area contributed by atoms with Crippen LogP contribution in [0.15, 0.2) is 52.2 Å².